The van der Waals surface area contributed by atoms with Crippen LogP contribution in [-0.4, -0.2) is 27.9 Å². The minimum Gasteiger partial charge on any atom is -0.398 e. The Morgan fingerprint density at radius 2 is 1.68 bits per heavy atom. The molecule has 1 fully saturated rings. The largest absolute Gasteiger partial charge is 0.514 e. The van der Waals surface area contributed by atoms with Crippen molar-refractivity contribution in [2.24, 2.45) is 7.05 Å². The zero-order chi connectivity index (χ0) is 13.8. The van der Waals surface area contributed by atoms with E-state index in [0.29, 0.717) is 0 Å². The van der Waals surface area contributed by atoms with Gasteiger partial charge in [0.15, 0.2) is 0 Å². The summed E-state index contributed by atoms with van der Waals surface area (Å²) in [5.74, 6) is 0. The highest BCUT2D eigenvalue weighted by Gasteiger charge is 2.52. The molecular weight excluding hydrogens is 239 g/mol. The third kappa shape index (κ3) is 1.97. The Hall–Kier alpha value is -1.33. The van der Waals surface area contributed by atoms with E-state index < -0.39 is 7.12 Å². The first-order valence-corrected chi connectivity index (χ1v) is 6.57. The van der Waals surface area contributed by atoms with Crippen molar-refractivity contribution in [3.63, 3.8) is 0 Å². The summed E-state index contributed by atoms with van der Waals surface area (Å²) in [6.07, 6.45) is 4.06. The van der Waals surface area contributed by atoms with Crippen LogP contribution in [0.1, 0.15) is 27.7 Å². The van der Waals surface area contributed by atoms with E-state index >= 15 is 0 Å². The van der Waals surface area contributed by atoms with Gasteiger partial charge in [0.1, 0.15) is 0 Å². The van der Waals surface area contributed by atoms with Crippen LogP contribution < -0.4 is 5.59 Å². The SMILES string of the molecule is Cn1cc2ccc(B3OC(C)(C)C(C)(C)O3)nc2c1. The van der Waals surface area contributed by atoms with E-state index in [-0.39, 0.29) is 11.2 Å². The molecule has 0 atom stereocenters. The molecule has 0 bridgehead atoms. The lowest BCUT2D eigenvalue weighted by Gasteiger charge is -2.32. The number of hydrogen-bond acceptors (Lipinski definition) is 3. The monoisotopic (exact) mass is 258 g/mol. The van der Waals surface area contributed by atoms with Gasteiger partial charge in [0.25, 0.3) is 0 Å². The van der Waals surface area contributed by atoms with E-state index in [0.717, 1.165) is 16.5 Å². The molecule has 3 rings (SSSR count). The van der Waals surface area contributed by atoms with Crippen molar-refractivity contribution < 1.29 is 9.31 Å². The van der Waals surface area contributed by atoms with Gasteiger partial charge >= 0.3 is 7.12 Å². The topological polar surface area (TPSA) is 36.3 Å². The number of fused-ring (bicyclic) bond motifs is 1. The maximum atomic E-state index is 6.01. The second-order valence-electron chi connectivity index (χ2n) is 6.22. The van der Waals surface area contributed by atoms with Crippen molar-refractivity contribution in [2.75, 3.05) is 0 Å². The van der Waals surface area contributed by atoms with Crippen molar-refractivity contribution in [3.8, 4) is 0 Å². The minimum absolute atomic E-state index is 0.328. The van der Waals surface area contributed by atoms with Crippen LogP contribution in [0.25, 0.3) is 10.9 Å². The van der Waals surface area contributed by atoms with Crippen LogP contribution in [0.4, 0.5) is 0 Å². The van der Waals surface area contributed by atoms with Crippen LogP contribution in [0, 0.1) is 0 Å². The Kier molecular flexibility index (Phi) is 2.56. The third-order valence-electron chi connectivity index (χ3n) is 4.14. The van der Waals surface area contributed by atoms with Crippen LogP contribution in [0.5, 0.6) is 0 Å². The molecule has 0 saturated carbocycles. The summed E-state index contributed by atoms with van der Waals surface area (Å²) in [4.78, 5) is 4.64. The van der Waals surface area contributed by atoms with Gasteiger partial charge in [-0.15, -0.1) is 0 Å². The second kappa shape index (κ2) is 3.84. The molecule has 0 N–H and O–H groups in total. The number of rotatable bonds is 1. The summed E-state index contributed by atoms with van der Waals surface area (Å²) in [7, 11) is 1.60. The maximum Gasteiger partial charge on any atom is 0.514 e. The molecular formula is C14H19BN2O2. The highest BCUT2D eigenvalue weighted by Crippen LogP contribution is 2.36. The average Bonchev–Trinajstić information content (AvgIpc) is 2.74. The maximum absolute atomic E-state index is 6.01. The summed E-state index contributed by atoms with van der Waals surface area (Å²) >= 11 is 0. The molecule has 1 aliphatic heterocycles. The molecule has 0 amide bonds. The van der Waals surface area contributed by atoms with Gasteiger partial charge in [-0.05, 0) is 33.8 Å². The van der Waals surface area contributed by atoms with E-state index in [1.807, 2.05) is 51.6 Å². The van der Waals surface area contributed by atoms with Gasteiger partial charge in [-0.1, -0.05) is 6.07 Å². The molecule has 3 heterocycles. The number of nitrogens with zero attached hydrogens (tertiary/aromatic N) is 2. The number of hydrogen-bond donors (Lipinski definition) is 0. The Morgan fingerprint density at radius 1 is 1.05 bits per heavy atom. The minimum atomic E-state index is -0.394. The first-order chi connectivity index (χ1) is 8.78. The van der Waals surface area contributed by atoms with Crippen molar-refractivity contribution in [1.29, 1.82) is 0 Å². The van der Waals surface area contributed by atoms with Gasteiger partial charge in [-0.2, -0.15) is 0 Å². The molecule has 0 spiro atoms. The molecule has 0 aromatic carbocycles. The Morgan fingerprint density at radius 3 is 2.32 bits per heavy atom. The summed E-state index contributed by atoms with van der Waals surface area (Å²) < 4.78 is 14.0. The van der Waals surface area contributed by atoms with Crippen LogP contribution in [-0.2, 0) is 16.4 Å². The van der Waals surface area contributed by atoms with Crippen molar-refractivity contribution in [3.05, 3.63) is 24.5 Å². The van der Waals surface area contributed by atoms with Crippen molar-refractivity contribution >= 4 is 23.6 Å². The Labute approximate surface area is 113 Å². The molecule has 1 aliphatic rings. The summed E-state index contributed by atoms with van der Waals surface area (Å²) in [6, 6.07) is 4.03. The lowest BCUT2D eigenvalue weighted by molar-refractivity contribution is 0.00578. The fourth-order valence-corrected chi connectivity index (χ4v) is 2.26. The standard InChI is InChI=1S/C14H19BN2O2/c1-13(2)14(3,4)19-15(18-13)12-7-6-10-8-17(5)9-11(10)16-12/h6-9H,1-5H3. The van der Waals surface area contributed by atoms with Gasteiger partial charge in [0, 0.05) is 24.8 Å². The van der Waals surface area contributed by atoms with Crippen molar-refractivity contribution in [2.45, 2.75) is 38.9 Å². The third-order valence-corrected chi connectivity index (χ3v) is 4.14. The first kappa shape index (κ1) is 12.7. The van der Waals surface area contributed by atoms with E-state index in [2.05, 4.69) is 17.2 Å². The fraction of sp³-hybridized carbons (Fsp3) is 0.500. The molecule has 2 aromatic heterocycles. The summed E-state index contributed by atoms with van der Waals surface area (Å²) in [5, 5.41) is 1.13. The zero-order valence-electron chi connectivity index (χ0n) is 12.1. The average molecular weight is 258 g/mol. The van der Waals surface area contributed by atoms with E-state index in [4.69, 9.17) is 9.31 Å². The van der Waals surface area contributed by atoms with Gasteiger partial charge in [-0.25, -0.2) is 0 Å². The lowest BCUT2D eigenvalue weighted by atomic mass is 9.84. The van der Waals surface area contributed by atoms with E-state index in [1.54, 1.807) is 0 Å². The quantitative estimate of drug-likeness (QED) is 0.733. The van der Waals surface area contributed by atoms with Crippen LogP contribution >= 0.6 is 0 Å². The molecule has 0 radical (unpaired) electrons. The van der Waals surface area contributed by atoms with Crippen molar-refractivity contribution in [1.82, 2.24) is 9.55 Å². The van der Waals surface area contributed by atoms with Gasteiger partial charge in [-0.3, -0.25) is 4.98 Å². The fourth-order valence-electron chi connectivity index (χ4n) is 2.26. The van der Waals surface area contributed by atoms with Crippen LogP contribution in [0.15, 0.2) is 24.5 Å². The lowest BCUT2D eigenvalue weighted by Crippen LogP contribution is -2.41. The highest BCUT2D eigenvalue weighted by atomic mass is 16.7. The molecule has 4 nitrogen and oxygen atoms in total. The number of aryl methyl sites for hydroxylation is 1. The molecule has 0 aliphatic carbocycles. The molecule has 0 unspecified atom stereocenters. The normalized spacial score (nSPS) is 21.2. The van der Waals surface area contributed by atoms with Crippen LogP contribution in [0.3, 0.4) is 0 Å². The highest BCUT2D eigenvalue weighted by molar-refractivity contribution is 6.61. The number of aromatic nitrogens is 2. The van der Waals surface area contributed by atoms with E-state index in [1.165, 1.54) is 0 Å². The predicted molar refractivity (Wildman–Crippen MR) is 76.4 cm³/mol. The van der Waals surface area contributed by atoms with Crippen LogP contribution in [0.2, 0.25) is 0 Å². The molecule has 5 heteroatoms. The zero-order valence-corrected chi connectivity index (χ0v) is 12.1. The Balaban J connectivity index is 1.97. The predicted octanol–water partition coefficient (Wildman–Crippen LogP) is 1.87. The first-order valence-electron chi connectivity index (χ1n) is 6.57. The Bertz CT molecular complexity index is 617. The second-order valence-corrected chi connectivity index (χ2v) is 6.22. The van der Waals surface area contributed by atoms with E-state index in [9.17, 15) is 0 Å². The van der Waals surface area contributed by atoms with Gasteiger partial charge in [0.05, 0.1) is 22.3 Å². The molecule has 100 valence electrons. The molecule has 1 saturated heterocycles. The smallest absolute Gasteiger partial charge is 0.398 e. The molecule has 2 aromatic rings. The molecule has 19 heavy (non-hydrogen) atoms. The van der Waals surface area contributed by atoms with Gasteiger partial charge < -0.3 is 13.9 Å². The number of pyridine rings is 1. The summed E-state index contributed by atoms with van der Waals surface area (Å²) in [5.41, 5.74) is 1.14. The van der Waals surface area contributed by atoms with Gasteiger partial charge in [0.2, 0.25) is 0 Å². The summed E-state index contributed by atoms with van der Waals surface area (Å²) in [6.45, 7) is 8.20.